The molecule has 1 aliphatic rings. The van der Waals surface area contributed by atoms with Gasteiger partial charge in [0.1, 0.15) is 5.82 Å². The molecule has 0 aliphatic carbocycles. The molecule has 2 heterocycles. The van der Waals surface area contributed by atoms with Crippen LogP contribution >= 0.6 is 0 Å². The van der Waals surface area contributed by atoms with Gasteiger partial charge in [0.25, 0.3) is 0 Å². The lowest BCUT2D eigenvalue weighted by Crippen LogP contribution is -2.14. The number of imidazole rings is 1. The first-order chi connectivity index (χ1) is 18.8. The molecule has 38 heavy (non-hydrogen) atoms. The fourth-order valence-electron chi connectivity index (χ4n) is 6.19. The maximum absolute atomic E-state index is 14.2. The summed E-state index contributed by atoms with van der Waals surface area (Å²) in [7, 11) is 0. The van der Waals surface area contributed by atoms with Crippen molar-refractivity contribution in [3.05, 3.63) is 144 Å². The van der Waals surface area contributed by atoms with E-state index in [-0.39, 0.29) is 5.78 Å². The summed E-state index contributed by atoms with van der Waals surface area (Å²) >= 11 is 0. The molecule has 8 rings (SSSR count). The zero-order valence-electron chi connectivity index (χ0n) is 20.5. The number of para-hydroxylation sites is 2. The van der Waals surface area contributed by atoms with Crippen LogP contribution in [0.2, 0.25) is 0 Å². The number of benzene rings is 6. The van der Waals surface area contributed by atoms with E-state index in [1.54, 1.807) is 0 Å². The van der Waals surface area contributed by atoms with Crippen LogP contribution in [-0.2, 0) is 0 Å². The second kappa shape index (κ2) is 7.99. The SMILES string of the molecule is O=C1c2ccccc2-n2c(-c3cc4ccccc4c4ccccc34)nc3cccc(c32)C1c1ccccc1. The molecule has 1 atom stereocenters. The average molecular weight is 487 g/mol. The van der Waals surface area contributed by atoms with Gasteiger partial charge in [0.05, 0.1) is 22.6 Å². The van der Waals surface area contributed by atoms with Crippen LogP contribution in [0.4, 0.5) is 0 Å². The number of aromatic nitrogens is 2. The highest BCUT2D eigenvalue weighted by molar-refractivity contribution is 6.15. The number of nitrogens with zero attached hydrogens (tertiary/aromatic N) is 2. The van der Waals surface area contributed by atoms with Crippen molar-refractivity contribution in [1.29, 1.82) is 0 Å². The van der Waals surface area contributed by atoms with Gasteiger partial charge in [-0.25, -0.2) is 4.98 Å². The third kappa shape index (κ3) is 2.90. The first kappa shape index (κ1) is 21.1. The normalized spacial score (nSPS) is 14.6. The van der Waals surface area contributed by atoms with Crippen molar-refractivity contribution < 1.29 is 4.79 Å². The highest BCUT2D eigenvalue weighted by Crippen LogP contribution is 2.43. The molecule has 178 valence electrons. The average Bonchev–Trinajstić information content (AvgIpc) is 3.32. The second-order valence-electron chi connectivity index (χ2n) is 9.90. The van der Waals surface area contributed by atoms with E-state index in [0.29, 0.717) is 5.56 Å². The Balaban J connectivity index is 1.54. The number of carbonyl (C=O) groups is 1. The van der Waals surface area contributed by atoms with E-state index in [0.717, 1.165) is 44.6 Å². The Bertz CT molecular complexity index is 2050. The van der Waals surface area contributed by atoms with Gasteiger partial charge in [-0.3, -0.25) is 9.36 Å². The van der Waals surface area contributed by atoms with Crippen LogP contribution in [0, 0.1) is 0 Å². The molecular formula is C35H22N2O. The van der Waals surface area contributed by atoms with Crippen LogP contribution in [-0.4, -0.2) is 15.3 Å². The van der Waals surface area contributed by atoms with Crippen LogP contribution in [0.15, 0.2) is 127 Å². The van der Waals surface area contributed by atoms with Crippen molar-refractivity contribution in [2.45, 2.75) is 5.92 Å². The van der Waals surface area contributed by atoms with Crippen LogP contribution in [0.25, 0.3) is 49.7 Å². The summed E-state index contributed by atoms with van der Waals surface area (Å²) in [5, 5.41) is 4.73. The van der Waals surface area contributed by atoms with Crippen LogP contribution < -0.4 is 0 Å². The molecule has 0 fully saturated rings. The molecular weight excluding hydrogens is 464 g/mol. The molecule has 1 aromatic heterocycles. The van der Waals surface area contributed by atoms with Crippen LogP contribution in [0.1, 0.15) is 27.4 Å². The Morgan fingerprint density at radius 3 is 2.18 bits per heavy atom. The van der Waals surface area contributed by atoms with Gasteiger partial charge in [0.15, 0.2) is 5.78 Å². The van der Waals surface area contributed by atoms with Crippen LogP contribution in [0.3, 0.4) is 0 Å². The topological polar surface area (TPSA) is 34.9 Å². The molecule has 3 heteroatoms. The van der Waals surface area contributed by atoms with E-state index < -0.39 is 5.92 Å². The molecule has 3 nitrogen and oxygen atoms in total. The first-order valence-corrected chi connectivity index (χ1v) is 12.9. The smallest absolute Gasteiger partial charge is 0.176 e. The summed E-state index contributed by atoms with van der Waals surface area (Å²) in [6, 6.07) is 43.5. The van der Waals surface area contributed by atoms with Gasteiger partial charge in [0.2, 0.25) is 0 Å². The molecule has 0 saturated heterocycles. The second-order valence-corrected chi connectivity index (χ2v) is 9.90. The largest absolute Gasteiger partial charge is 0.293 e. The number of Topliss-reactive ketones (excluding diaryl/α,β-unsaturated/α-hetero) is 1. The minimum Gasteiger partial charge on any atom is -0.293 e. The lowest BCUT2D eigenvalue weighted by Gasteiger charge is -2.16. The molecule has 7 aromatic rings. The summed E-state index contributed by atoms with van der Waals surface area (Å²) in [5.74, 6) is 0.556. The first-order valence-electron chi connectivity index (χ1n) is 12.9. The number of carbonyl (C=O) groups excluding carboxylic acids is 1. The number of hydrogen-bond donors (Lipinski definition) is 0. The van der Waals surface area contributed by atoms with E-state index in [4.69, 9.17) is 4.98 Å². The lowest BCUT2D eigenvalue weighted by atomic mass is 9.85. The molecule has 0 bridgehead atoms. The molecule has 6 aromatic carbocycles. The predicted octanol–water partition coefficient (Wildman–Crippen LogP) is 8.33. The van der Waals surface area contributed by atoms with Gasteiger partial charge in [-0.15, -0.1) is 0 Å². The summed E-state index contributed by atoms with van der Waals surface area (Å²) in [6.45, 7) is 0. The van der Waals surface area contributed by atoms with Gasteiger partial charge in [-0.1, -0.05) is 103 Å². The van der Waals surface area contributed by atoms with Gasteiger partial charge >= 0.3 is 0 Å². The van der Waals surface area contributed by atoms with Crippen molar-refractivity contribution in [3.8, 4) is 17.1 Å². The minimum atomic E-state index is -0.403. The van der Waals surface area contributed by atoms with Crippen molar-refractivity contribution in [3.63, 3.8) is 0 Å². The van der Waals surface area contributed by atoms with Gasteiger partial charge in [-0.2, -0.15) is 0 Å². The molecule has 1 unspecified atom stereocenters. The molecule has 0 amide bonds. The van der Waals surface area contributed by atoms with E-state index in [1.807, 2.05) is 60.7 Å². The maximum Gasteiger partial charge on any atom is 0.176 e. The summed E-state index contributed by atoms with van der Waals surface area (Å²) in [4.78, 5) is 19.5. The Hall–Kier alpha value is -5.02. The Morgan fingerprint density at radius 2 is 1.32 bits per heavy atom. The number of rotatable bonds is 2. The fourth-order valence-corrected chi connectivity index (χ4v) is 6.19. The standard InChI is InChI=1S/C35H22N2O/c38-34-27-17-8-9-20-31(27)37-33-28(32(34)22-11-2-1-3-12-22)18-10-19-30(33)36-35(37)29-21-23-13-4-5-14-24(23)25-15-6-7-16-26(25)29/h1-21,32H. The minimum absolute atomic E-state index is 0.109. The molecule has 0 spiro atoms. The summed E-state index contributed by atoms with van der Waals surface area (Å²) in [6.07, 6.45) is 0. The van der Waals surface area contributed by atoms with Crippen molar-refractivity contribution in [1.82, 2.24) is 9.55 Å². The van der Waals surface area contributed by atoms with Crippen molar-refractivity contribution in [2.24, 2.45) is 0 Å². The zero-order chi connectivity index (χ0) is 25.2. The van der Waals surface area contributed by atoms with E-state index in [1.165, 1.54) is 16.2 Å². The molecule has 0 N–H and O–H groups in total. The fraction of sp³-hybridized carbons (Fsp3) is 0.0286. The zero-order valence-corrected chi connectivity index (χ0v) is 20.5. The quantitative estimate of drug-likeness (QED) is 0.230. The number of hydrogen-bond acceptors (Lipinski definition) is 2. The van der Waals surface area contributed by atoms with Crippen molar-refractivity contribution in [2.75, 3.05) is 0 Å². The lowest BCUT2D eigenvalue weighted by molar-refractivity contribution is 0.0975. The van der Waals surface area contributed by atoms with Crippen LogP contribution in [0.5, 0.6) is 0 Å². The Morgan fingerprint density at radius 1 is 0.605 bits per heavy atom. The highest BCUT2D eigenvalue weighted by atomic mass is 16.1. The van der Waals surface area contributed by atoms with E-state index in [9.17, 15) is 4.79 Å². The summed E-state index contributed by atoms with van der Waals surface area (Å²) in [5.41, 5.74) is 6.50. The number of fused-ring (bicyclic) bond motifs is 5. The number of ketones is 1. The Labute approximate surface area is 219 Å². The van der Waals surface area contributed by atoms with Gasteiger partial charge in [-0.05, 0) is 56.9 Å². The third-order valence-electron chi connectivity index (χ3n) is 7.83. The van der Waals surface area contributed by atoms with Gasteiger partial charge in [0, 0.05) is 11.1 Å². The third-order valence-corrected chi connectivity index (χ3v) is 7.83. The van der Waals surface area contributed by atoms with Crippen molar-refractivity contribution >= 4 is 38.4 Å². The predicted molar refractivity (Wildman–Crippen MR) is 154 cm³/mol. The van der Waals surface area contributed by atoms with E-state index in [2.05, 4.69) is 71.3 Å². The molecule has 0 saturated carbocycles. The monoisotopic (exact) mass is 486 g/mol. The molecule has 0 radical (unpaired) electrons. The maximum atomic E-state index is 14.2. The van der Waals surface area contributed by atoms with Gasteiger partial charge < -0.3 is 0 Å². The Kier molecular flexibility index (Phi) is 4.44. The summed E-state index contributed by atoms with van der Waals surface area (Å²) < 4.78 is 2.22. The highest BCUT2D eigenvalue weighted by Gasteiger charge is 2.34. The molecule has 1 aliphatic heterocycles. The van der Waals surface area contributed by atoms with E-state index >= 15 is 0 Å².